The lowest BCUT2D eigenvalue weighted by molar-refractivity contribution is -0.137. The molecule has 15 heteroatoms. The lowest BCUT2D eigenvalue weighted by Crippen LogP contribution is -2.51. The largest absolute Gasteiger partial charge is 0.507 e. The summed E-state index contributed by atoms with van der Waals surface area (Å²) >= 11 is 6.12. The Labute approximate surface area is 284 Å². The number of hydrogen-bond acceptors (Lipinski definition) is 7. The van der Waals surface area contributed by atoms with Crippen LogP contribution in [0.15, 0.2) is 53.3 Å². The van der Waals surface area contributed by atoms with Crippen LogP contribution in [0.2, 0.25) is 5.02 Å². The molecule has 2 amide bonds. The molecule has 0 unspecified atom stereocenters. The zero-order valence-electron chi connectivity index (χ0n) is 26.8. The van der Waals surface area contributed by atoms with Crippen LogP contribution in [0.5, 0.6) is 5.75 Å². The Morgan fingerprint density at radius 3 is 2.49 bits per heavy atom. The Bertz CT molecular complexity index is 2000. The van der Waals surface area contributed by atoms with E-state index in [1.54, 1.807) is 27.7 Å². The van der Waals surface area contributed by atoms with Crippen LogP contribution in [-0.4, -0.2) is 67.2 Å². The lowest BCUT2D eigenvalue weighted by Gasteiger charge is -2.37. The van der Waals surface area contributed by atoms with E-state index in [9.17, 15) is 32.7 Å². The highest BCUT2D eigenvalue weighted by molar-refractivity contribution is 6.33. The van der Waals surface area contributed by atoms with Crippen molar-refractivity contribution in [1.29, 1.82) is 0 Å². The summed E-state index contributed by atoms with van der Waals surface area (Å²) in [5.41, 5.74) is 0.590. The van der Waals surface area contributed by atoms with Crippen LogP contribution in [0.1, 0.15) is 66.5 Å². The number of nitrogens with one attached hydrogen (secondary N) is 1. The van der Waals surface area contributed by atoms with Gasteiger partial charge in [0.1, 0.15) is 18.0 Å². The van der Waals surface area contributed by atoms with E-state index in [0.29, 0.717) is 36.7 Å². The molecule has 0 radical (unpaired) electrons. The van der Waals surface area contributed by atoms with E-state index in [4.69, 9.17) is 16.6 Å². The van der Waals surface area contributed by atoms with Gasteiger partial charge in [-0.1, -0.05) is 43.2 Å². The average molecular weight is 698 g/mol. The predicted molar refractivity (Wildman–Crippen MR) is 179 cm³/mol. The Morgan fingerprint density at radius 1 is 1.04 bits per heavy atom. The van der Waals surface area contributed by atoms with Gasteiger partial charge in [-0.3, -0.25) is 14.4 Å². The molecular weight excluding hydrogens is 663 g/mol. The summed E-state index contributed by atoms with van der Waals surface area (Å²) in [6, 6.07) is 9.00. The molecule has 6 rings (SSSR count). The molecule has 0 spiro atoms. The molecule has 2 N–H and O–H groups in total. The third-order valence-corrected chi connectivity index (χ3v) is 9.19. The maximum absolute atomic E-state index is 14.2. The zero-order chi connectivity index (χ0) is 34.9. The molecular formula is C34H35ClF3N7O4. The number of aromatic nitrogens is 4. The first-order valence-corrected chi connectivity index (χ1v) is 16.5. The van der Waals surface area contributed by atoms with Crippen molar-refractivity contribution in [2.75, 3.05) is 36.4 Å². The van der Waals surface area contributed by atoms with Crippen molar-refractivity contribution in [3.63, 3.8) is 0 Å². The first-order chi connectivity index (χ1) is 23.5. The number of para-hydroxylation sites is 1. The second kappa shape index (κ2) is 13.9. The maximum Gasteiger partial charge on any atom is 0.416 e. The molecule has 2 aliphatic rings. The molecule has 4 aromatic rings. The molecule has 3 heterocycles. The number of aromatic hydroxyl groups is 1. The van der Waals surface area contributed by atoms with Crippen molar-refractivity contribution in [3.8, 4) is 5.75 Å². The number of phenolic OH excluding ortho intramolecular Hbond substituents is 1. The number of halogens is 4. The van der Waals surface area contributed by atoms with E-state index in [0.717, 1.165) is 55.9 Å². The van der Waals surface area contributed by atoms with Gasteiger partial charge in [-0.25, -0.2) is 0 Å². The Kier molecular flexibility index (Phi) is 9.68. The van der Waals surface area contributed by atoms with Crippen molar-refractivity contribution in [1.82, 2.24) is 24.1 Å². The van der Waals surface area contributed by atoms with Crippen molar-refractivity contribution < 1.29 is 27.9 Å². The van der Waals surface area contributed by atoms with Crippen LogP contribution >= 0.6 is 11.6 Å². The number of fused-ring (bicyclic) bond motifs is 1. The monoisotopic (exact) mass is 697 g/mol. The summed E-state index contributed by atoms with van der Waals surface area (Å²) in [4.78, 5) is 49.1. The van der Waals surface area contributed by atoms with Crippen molar-refractivity contribution in [2.24, 2.45) is 0 Å². The van der Waals surface area contributed by atoms with Crippen LogP contribution in [0.4, 0.5) is 24.5 Å². The van der Waals surface area contributed by atoms with E-state index >= 15 is 0 Å². The third-order valence-electron chi connectivity index (χ3n) is 8.88. The Balaban J connectivity index is 1.36. The quantitative estimate of drug-likeness (QED) is 0.251. The van der Waals surface area contributed by atoms with E-state index in [2.05, 4.69) is 16.5 Å². The molecule has 2 aromatic carbocycles. The van der Waals surface area contributed by atoms with Crippen LogP contribution in [0.25, 0.3) is 11.4 Å². The molecule has 1 aliphatic carbocycles. The van der Waals surface area contributed by atoms with Gasteiger partial charge >= 0.3 is 6.18 Å². The normalized spacial score (nSPS) is 15.7. The lowest BCUT2D eigenvalue weighted by atomic mass is 10.1. The summed E-state index contributed by atoms with van der Waals surface area (Å²) in [6.45, 7) is 2.66. The highest BCUT2D eigenvalue weighted by Gasteiger charge is 2.32. The molecule has 1 saturated heterocycles. The number of piperazine rings is 1. The fourth-order valence-electron chi connectivity index (χ4n) is 6.37. The van der Waals surface area contributed by atoms with E-state index in [1.165, 1.54) is 10.6 Å². The summed E-state index contributed by atoms with van der Waals surface area (Å²) in [6.07, 6.45) is 2.49. The number of amides is 2. The number of carbonyl (C=O) groups is 2. The third kappa shape index (κ3) is 7.00. The van der Waals surface area contributed by atoms with Gasteiger partial charge in [0.05, 0.1) is 27.5 Å². The van der Waals surface area contributed by atoms with E-state index in [1.807, 2.05) is 11.8 Å². The first-order valence-electron chi connectivity index (χ1n) is 16.2. The predicted octanol–water partition coefficient (Wildman–Crippen LogP) is 5.78. The van der Waals surface area contributed by atoms with E-state index < -0.39 is 23.2 Å². The van der Waals surface area contributed by atoms with Gasteiger partial charge in [-0.15, -0.1) is 5.10 Å². The van der Waals surface area contributed by atoms with Crippen LogP contribution < -0.4 is 15.8 Å². The molecule has 0 saturated carbocycles. The number of alkyl halides is 3. The number of anilines is 2. The minimum atomic E-state index is -4.60. The summed E-state index contributed by atoms with van der Waals surface area (Å²) in [5.74, 6) is -0.469. The van der Waals surface area contributed by atoms with Gasteiger partial charge in [-0.05, 0) is 68.0 Å². The minimum Gasteiger partial charge on any atom is -0.507 e. The highest BCUT2D eigenvalue weighted by Crippen LogP contribution is 2.34. The fraction of sp³-hybridized carbons (Fsp3) is 0.382. The Morgan fingerprint density at radius 2 is 1.80 bits per heavy atom. The fourth-order valence-corrected chi connectivity index (χ4v) is 6.60. The standard InChI is InChI=1S/C34H35ClF3N7O4/c1-2-26-29(42-15-17-43(18-16-42)31(48)23-11-7-8-12-27(23)46)32(49)45-33(40-30(41-45)21-9-5-3-4-6-10-21)44(26)20-28(47)39-25-14-13-22(19-24(25)35)34(36,37)38/h7-9,11-14,19,46H,2-6,10,15-18,20H2,1H3,(H,39,47). The summed E-state index contributed by atoms with van der Waals surface area (Å²) < 4.78 is 42.4. The molecule has 49 heavy (non-hydrogen) atoms. The van der Waals surface area contributed by atoms with Gasteiger partial charge in [0.15, 0.2) is 5.82 Å². The number of rotatable bonds is 7. The number of nitrogens with zero attached hydrogens (tertiary/aromatic N) is 6. The van der Waals surface area contributed by atoms with Gasteiger partial charge < -0.3 is 24.8 Å². The first kappa shape index (κ1) is 34.0. The van der Waals surface area contributed by atoms with E-state index in [-0.39, 0.29) is 53.3 Å². The number of phenols is 1. The molecule has 258 valence electrons. The summed E-state index contributed by atoms with van der Waals surface area (Å²) in [7, 11) is 0. The Hall–Kier alpha value is -4.85. The zero-order valence-corrected chi connectivity index (χ0v) is 27.5. The second-order valence-electron chi connectivity index (χ2n) is 12.1. The highest BCUT2D eigenvalue weighted by atomic mass is 35.5. The van der Waals surface area contributed by atoms with Gasteiger partial charge in [0.25, 0.3) is 11.5 Å². The average Bonchev–Trinajstić information content (AvgIpc) is 3.35. The van der Waals surface area contributed by atoms with Gasteiger partial charge in [0, 0.05) is 26.2 Å². The van der Waals surface area contributed by atoms with Crippen molar-refractivity contribution in [3.05, 3.63) is 86.6 Å². The molecule has 1 fully saturated rings. The van der Waals surface area contributed by atoms with Crippen molar-refractivity contribution in [2.45, 2.75) is 58.2 Å². The van der Waals surface area contributed by atoms with Gasteiger partial charge in [-0.2, -0.15) is 22.7 Å². The topological polar surface area (TPSA) is 125 Å². The number of hydrogen-bond donors (Lipinski definition) is 2. The van der Waals surface area contributed by atoms with Crippen LogP contribution in [0, 0.1) is 0 Å². The minimum absolute atomic E-state index is 0.00557. The molecule has 0 bridgehead atoms. The molecule has 1 aliphatic heterocycles. The van der Waals surface area contributed by atoms with Crippen molar-refractivity contribution >= 4 is 46.1 Å². The second-order valence-corrected chi connectivity index (χ2v) is 12.5. The van der Waals surface area contributed by atoms with Gasteiger partial charge in [0.2, 0.25) is 11.7 Å². The smallest absolute Gasteiger partial charge is 0.416 e. The number of benzene rings is 2. The molecule has 0 atom stereocenters. The summed E-state index contributed by atoms with van der Waals surface area (Å²) in [5, 5.41) is 17.2. The molecule has 11 nitrogen and oxygen atoms in total. The van der Waals surface area contributed by atoms with Crippen LogP contribution in [-0.2, 0) is 23.9 Å². The molecule has 2 aromatic heterocycles. The number of carbonyl (C=O) groups excluding carboxylic acids is 2. The maximum atomic E-state index is 14.2. The SMILES string of the molecule is CCc1c(N2CCN(C(=O)c3ccccc3O)CC2)c(=O)n2nc(C3=CCCCCC3)nc2n1CC(=O)Nc1ccc(C(F)(F)F)cc1Cl. The number of allylic oxidation sites excluding steroid dienone is 2. The van der Waals surface area contributed by atoms with Crippen LogP contribution in [0.3, 0.4) is 0 Å².